The molecule has 0 aliphatic carbocycles. The number of ketones is 1. The molecule has 2 heterocycles. The van der Waals surface area contributed by atoms with Crippen LogP contribution in [0.5, 0.6) is 0 Å². The molecular formula is C25H29N5O2S. The first-order chi connectivity index (χ1) is 15.9. The van der Waals surface area contributed by atoms with Crippen molar-refractivity contribution < 1.29 is 9.59 Å². The second-order valence-corrected chi connectivity index (χ2v) is 9.47. The Morgan fingerprint density at radius 1 is 1.18 bits per heavy atom. The molecule has 33 heavy (non-hydrogen) atoms. The molecule has 0 spiro atoms. The summed E-state index contributed by atoms with van der Waals surface area (Å²) >= 11 is 1.40. The number of nitrogens with zero attached hydrogens (tertiary/aromatic N) is 4. The van der Waals surface area contributed by atoms with E-state index in [0.29, 0.717) is 12.1 Å². The third kappa shape index (κ3) is 4.86. The van der Waals surface area contributed by atoms with Gasteiger partial charge in [-0.25, -0.2) is 0 Å². The Balaban J connectivity index is 1.56. The molecule has 172 valence electrons. The number of nitrogens with one attached hydrogen (secondary N) is 1. The number of hydrogen-bond acceptors (Lipinski definition) is 6. The van der Waals surface area contributed by atoms with Gasteiger partial charge >= 0.3 is 0 Å². The van der Waals surface area contributed by atoms with Gasteiger partial charge in [-0.2, -0.15) is 0 Å². The van der Waals surface area contributed by atoms with Crippen LogP contribution in [0.15, 0.2) is 53.7 Å². The van der Waals surface area contributed by atoms with Crippen molar-refractivity contribution in [2.45, 2.75) is 43.9 Å². The fraction of sp³-hybridized carbons (Fsp3) is 0.360. The van der Waals surface area contributed by atoms with Gasteiger partial charge in [0.2, 0.25) is 5.91 Å². The molecular weight excluding hydrogens is 434 g/mol. The predicted molar refractivity (Wildman–Crippen MR) is 131 cm³/mol. The average molecular weight is 464 g/mol. The Morgan fingerprint density at radius 3 is 2.64 bits per heavy atom. The van der Waals surface area contributed by atoms with E-state index in [1.165, 1.54) is 11.8 Å². The van der Waals surface area contributed by atoms with Crippen LogP contribution in [0, 0.1) is 0 Å². The van der Waals surface area contributed by atoms with Crippen molar-refractivity contribution in [3.8, 4) is 0 Å². The Hall–Kier alpha value is -2.97. The van der Waals surface area contributed by atoms with Crippen LogP contribution in [0.25, 0.3) is 0 Å². The highest BCUT2D eigenvalue weighted by Gasteiger charge is 2.27. The summed E-state index contributed by atoms with van der Waals surface area (Å²) in [5.41, 5.74) is 3.43. The number of rotatable bonds is 9. The Bertz CT molecular complexity index is 1160. The van der Waals surface area contributed by atoms with E-state index in [-0.39, 0.29) is 29.4 Å². The summed E-state index contributed by atoms with van der Waals surface area (Å²) in [4.78, 5) is 27.1. The van der Waals surface area contributed by atoms with E-state index in [1.54, 1.807) is 6.07 Å². The standard InChI is InChI=1S/C25H29N5O2S/c1-5-21(29(3)4)23-27-28-25(30(23)14-17-9-7-6-8-10-17)33-15-22(31)18-11-12-20-19(13-18)16(2)24(32)26-20/h6-13,16,21H,5,14-15H2,1-4H3,(H,26,32)/t16-,21+/m1/s1. The van der Waals surface area contributed by atoms with E-state index in [9.17, 15) is 9.59 Å². The van der Waals surface area contributed by atoms with Gasteiger partial charge in [0, 0.05) is 11.3 Å². The number of fused-ring (bicyclic) bond motifs is 1. The summed E-state index contributed by atoms with van der Waals surface area (Å²) in [5.74, 6) is 0.883. The van der Waals surface area contributed by atoms with E-state index in [1.807, 2.05) is 51.4 Å². The molecule has 1 aliphatic heterocycles. The van der Waals surface area contributed by atoms with Crippen LogP contribution >= 0.6 is 11.8 Å². The zero-order valence-corrected chi connectivity index (χ0v) is 20.2. The van der Waals surface area contributed by atoms with Crippen molar-refractivity contribution in [1.29, 1.82) is 0 Å². The second-order valence-electron chi connectivity index (χ2n) is 8.52. The maximum atomic E-state index is 13.0. The Kier molecular flexibility index (Phi) is 6.95. The number of anilines is 1. The van der Waals surface area contributed by atoms with Gasteiger partial charge in [0.25, 0.3) is 0 Å². The van der Waals surface area contributed by atoms with Crippen molar-refractivity contribution in [2.24, 2.45) is 0 Å². The minimum absolute atomic E-state index is 0.00445. The lowest BCUT2D eigenvalue weighted by atomic mass is 9.99. The Labute approximate surface area is 198 Å². The highest BCUT2D eigenvalue weighted by Crippen LogP contribution is 2.33. The lowest BCUT2D eigenvalue weighted by molar-refractivity contribution is -0.116. The van der Waals surface area contributed by atoms with Gasteiger partial charge in [-0.05, 0) is 56.8 Å². The smallest absolute Gasteiger partial charge is 0.231 e. The lowest BCUT2D eigenvalue weighted by Gasteiger charge is -2.23. The number of carbonyl (C=O) groups excluding carboxylic acids is 2. The molecule has 0 bridgehead atoms. The van der Waals surface area contributed by atoms with E-state index in [0.717, 1.165) is 34.2 Å². The first kappa shape index (κ1) is 23.2. The van der Waals surface area contributed by atoms with Crippen molar-refractivity contribution in [3.63, 3.8) is 0 Å². The molecule has 8 heteroatoms. The molecule has 0 fully saturated rings. The number of hydrogen-bond donors (Lipinski definition) is 1. The molecule has 0 saturated heterocycles. The number of benzene rings is 2. The van der Waals surface area contributed by atoms with Gasteiger partial charge in [-0.1, -0.05) is 49.0 Å². The maximum Gasteiger partial charge on any atom is 0.231 e. The fourth-order valence-electron chi connectivity index (χ4n) is 4.15. The molecule has 3 aromatic rings. The molecule has 1 aliphatic rings. The topological polar surface area (TPSA) is 80.1 Å². The first-order valence-electron chi connectivity index (χ1n) is 11.1. The quantitative estimate of drug-likeness (QED) is 0.375. The van der Waals surface area contributed by atoms with Crippen molar-refractivity contribution >= 4 is 29.1 Å². The van der Waals surface area contributed by atoms with Crippen LogP contribution in [0.3, 0.4) is 0 Å². The van der Waals surface area contributed by atoms with Gasteiger partial charge in [-0.15, -0.1) is 10.2 Å². The van der Waals surface area contributed by atoms with E-state index >= 15 is 0 Å². The van der Waals surface area contributed by atoms with Crippen LogP contribution in [-0.2, 0) is 11.3 Å². The van der Waals surface area contributed by atoms with Gasteiger partial charge in [0.1, 0.15) is 0 Å². The van der Waals surface area contributed by atoms with Gasteiger partial charge in [0.05, 0.1) is 24.3 Å². The monoisotopic (exact) mass is 463 g/mol. The van der Waals surface area contributed by atoms with Gasteiger partial charge < -0.3 is 9.88 Å². The SMILES string of the molecule is CC[C@@H](c1nnc(SCC(=O)c2ccc3c(c2)[C@@H](C)C(=O)N3)n1Cc1ccccc1)N(C)C. The number of thioether (sulfide) groups is 1. The van der Waals surface area contributed by atoms with E-state index < -0.39 is 0 Å². The predicted octanol–water partition coefficient (Wildman–Crippen LogP) is 4.37. The summed E-state index contributed by atoms with van der Waals surface area (Å²) in [7, 11) is 4.08. The number of carbonyl (C=O) groups is 2. The Morgan fingerprint density at radius 2 is 1.94 bits per heavy atom. The molecule has 2 aromatic carbocycles. The molecule has 2 atom stereocenters. The van der Waals surface area contributed by atoms with Crippen molar-refractivity contribution in [1.82, 2.24) is 19.7 Å². The number of amides is 1. The van der Waals surface area contributed by atoms with Crippen molar-refractivity contribution in [3.05, 3.63) is 71.0 Å². The lowest BCUT2D eigenvalue weighted by Crippen LogP contribution is -2.23. The number of Topliss-reactive ketones (excluding diaryl/α,β-unsaturated/α-hetero) is 1. The highest BCUT2D eigenvalue weighted by atomic mass is 32.2. The summed E-state index contributed by atoms with van der Waals surface area (Å²) in [5, 5.41) is 12.5. The third-order valence-corrected chi connectivity index (χ3v) is 7.03. The summed E-state index contributed by atoms with van der Waals surface area (Å²) < 4.78 is 2.12. The average Bonchev–Trinajstić information content (AvgIpc) is 3.33. The van der Waals surface area contributed by atoms with Crippen LogP contribution in [-0.4, -0.2) is 51.2 Å². The molecule has 0 unspecified atom stereocenters. The summed E-state index contributed by atoms with van der Waals surface area (Å²) in [6, 6.07) is 15.8. The molecule has 1 N–H and O–H groups in total. The molecule has 0 saturated carbocycles. The van der Waals surface area contributed by atoms with E-state index in [4.69, 9.17) is 0 Å². The molecule has 1 aromatic heterocycles. The zero-order valence-electron chi connectivity index (χ0n) is 19.4. The van der Waals surface area contributed by atoms with Crippen LogP contribution in [0.4, 0.5) is 5.69 Å². The molecule has 7 nitrogen and oxygen atoms in total. The molecule has 0 radical (unpaired) electrons. The van der Waals surface area contributed by atoms with Crippen LogP contribution in [0.1, 0.15) is 59.5 Å². The van der Waals surface area contributed by atoms with Gasteiger partial charge in [0.15, 0.2) is 16.8 Å². The zero-order chi connectivity index (χ0) is 23.5. The van der Waals surface area contributed by atoms with Gasteiger partial charge in [-0.3, -0.25) is 14.5 Å². The van der Waals surface area contributed by atoms with Crippen LogP contribution < -0.4 is 5.32 Å². The molecule has 4 rings (SSSR count). The van der Waals surface area contributed by atoms with Crippen LogP contribution in [0.2, 0.25) is 0 Å². The normalized spacial score (nSPS) is 16.0. The maximum absolute atomic E-state index is 13.0. The minimum atomic E-state index is -0.242. The van der Waals surface area contributed by atoms with E-state index in [2.05, 4.69) is 44.0 Å². The fourth-order valence-corrected chi connectivity index (χ4v) is 4.99. The molecule has 1 amide bonds. The highest BCUT2D eigenvalue weighted by molar-refractivity contribution is 7.99. The van der Waals surface area contributed by atoms with Crippen molar-refractivity contribution in [2.75, 3.05) is 25.2 Å². The first-order valence-corrected chi connectivity index (χ1v) is 12.1. The number of aromatic nitrogens is 3. The largest absolute Gasteiger partial charge is 0.325 e. The third-order valence-electron chi connectivity index (χ3n) is 6.06. The minimum Gasteiger partial charge on any atom is -0.325 e. The summed E-state index contributed by atoms with van der Waals surface area (Å²) in [6.07, 6.45) is 0.906. The second kappa shape index (κ2) is 9.89. The summed E-state index contributed by atoms with van der Waals surface area (Å²) in [6.45, 7) is 4.64.